The first kappa shape index (κ1) is 24.3. The van der Waals surface area contributed by atoms with E-state index in [4.69, 9.17) is 9.47 Å². The highest BCUT2D eigenvalue weighted by Gasteiger charge is 2.19. The van der Waals surface area contributed by atoms with E-state index in [2.05, 4.69) is 39.2 Å². The highest BCUT2D eigenvalue weighted by molar-refractivity contribution is 14.0. The van der Waals surface area contributed by atoms with Crippen molar-refractivity contribution in [2.75, 3.05) is 57.9 Å². The number of ether oxygens (including phenoxy) is 2. The smallest absolute Gasteiger partial charge is 0.305 e. The van der Waals surface area contributed by atoms with Gasteiger partial charge in [-0.25, -0.2) is 0 Å². The van der Waals surface area contributed by atoms with Crippen LogP contribution in [0.15, 0.2) is 29.3 Å². The monoisotopic (exact) mass is 504 g/mol. The Morgan fingerprint density at radius 3 is 2.39 bits per heavy atom. The molecule has 1 N–H and O–H groups in total. The van der Waals surface area contributed by atoms with Crippen molar-refractivity contribution in [3.05, 3.63) is 24.3 Å². The first-order chi connectivity index (χ1) is 13.2. The number of nitrogens with zero attached hydrogens (tertiary/aromatic N) is 3. The zero-order valence-corrected chi connectivity index (χ0v) is 19.5. The first-order valence-corrected chi connectivity index (χ1v) is 9.75. The zero-order chi connectivity index (χ0) is 19.5. The van der Waals surface area contributed by atoms with Crippen molar-refractivity contribution in [3.63, 3.8) is 0 Å². The lowest BCUT2D eigenvalue weighted by Crippen LogP contribution is -2.52. The van der Waals surface area contributed by atoms with Crippen LogP contribution in [0.3, 0.4) is 0 Å². The maximum atomic E-state index is 11.4. The van der Waals surface area contributed by atoms with Crippen LogP contribution in [0.4, 0.5) is 5.69 Å². The second kappa shape index (κ2) is 13.5. The molecule has 1 aromatic rings. The van der Waals surface area contributed by atoms with Gasteiger partial charge in [0.25, 0.3) is 0 Å². The molecule has 0 amide bonds. The largest absolute Gasteiger partial charge is 0.497 e. The van der Waals surface area contributed by atoms with Gasteiger partial charge in [-0.05, 0) is 44.5 Å². The van der Waals surface area contributed by atoms with Gasteiger partial charge >= 0.3 is 5.97 Å². The van der Waals surface area contributed by atoms with Crippen molar-refractivity contribution in [2.24, 2.45) is 4.99 Å². The summed E-state index contributed by atoms with van der Waals surface area (Å²) >= 11 is 0. The maximum Gasteiger partial charge on any atom is 0.305 e. The number of carbonyl (C=O) groups excluding carboxylic acids is 1. The van der Waals surface area contributed by atoms with Gasteiger partial charge in [0, 0.05) is 51.4 Å². The summed E-state index contributed by atoms with van der Waals surface area (Å²) in [5.74, 6) is 1.66. The predicted octanol–water partition coefficient (Wildman–Crippen LogP) is 2.74. The minimum Gasteiger partial charge on any atom is -0.497 e. The van der Waals surface area contributed by atoms with Crippen LogP contribution in [0.25, 0.3) is 0 Å². The molecule has 1 aromatic carbocycles. The number of rotatable bonds is 8. The van der Waals surface area contributed by atoms with Crippen LogP contribution >= 0.6 is 24.0 Å². The number of carbonyl (C=O) groups is 1. The van der Waals surface area contributed by atoms with Gasteiger partial charge in [0.2, 0.25) is 0 Å². The second-order valence-corrected chi connectivity index (χ2v) is 6.32. The van der Waals surface area contributed by atoms with Gasteiger partial charge in [0.15, 0.2) is 5.96 Å². The third kappa shape index (κ3) is 7.73. The third-order valence-electron chi connectivity index (χ3n) is 4.46. The van der Waals surface area contributed by atoms with Crippen LogP contribution in [0.2, 0.25) is 0 Å². The second-order valence-electron chi connectivity index (χ2n) is 6.32. The van der Waals surface area contributed by atoms with Gasteiger partial charge in [0.05, 0.1) is 13.7 Å². The fourth-order valence-electron chi connectivity index (χ4n) is 3.04. The molecule has 8 heteroatoms. The van der Waals surface area contributed by atoms with Gasteiger partial charge in [-0.15, -0.1) is 24.0 Å². The van der Waals surface area contributed by atoms with Gasteiger partial charge in [-0.2, -0.15) is 0 Å². The number of nitrogens with one attached hydrogen (secondary N) is 1. The number of guanidine groups is 1. The number of anilines is 1. The Balaban J connectivity index is 0.00000392. The molecule has 28 heavy (non-hydrogen) atoms. The Morgan fingerprint density at radius 2 is 1.82 bits per heavy atom. The Bertz CT molecular complexity index is 602. The van der Waals surface area contributed by atoms with Crippen LogP contribution in [0.5, 0.6) is 5.75 Å². The van der Waals surface area contributed by atoms with E-state index < -0.39 is 0 Å². The maximum absolute atomic E-state index is 11.4. The van der Waals surface area contributed by atoms with E-state index in [0.717, 1.165) is 44.4 Å². The van der Waals surface area contributed by atoms with Crippen molar-refractivity contribution in [2.45, 2.75) is 26.7 Å². The minimum atomic E-state index is -0.147. The number of piperazine rings is 1. The first-order valence-electron chi connectivity index (χ1n) is 9.75. The molecule has 158 valence electrons. The van der Waals surface area contributed by atoms with Crippen LogP contribution < -0.4 is 15.0 Å². The average Bonchev–Trinajstić information content (AvgIpc) is 2.71. The van der Waals surface area contributed by atoms with E-state index >= 15 is 0 Å². The van der Waals surface area contributed by atoms with Crippen molar-refractivity contribution < 1.29 is 14.3 Å². The molecular formula is C20H33IN4O3. The Hall–Kier alpha value is -1.71. The van der Waals surface area contributed by atoms with Gasteiger partial charge in [0.1, 0.15) is 5.75 Å². The fourth-order valence-corrected chi connectivity index (χ4v) is 3.04. The molecule has 0 aliphatic carbocycles. The molecule has 0 saturated carbocycles. The summed E-state index contributed by atoms with van der Waals surface area (Å²) in [7, 11) is 1.68. The van der Waals surface area contributed by atoms with E-state index in [1.54, 1.807) is 7.11 Å². The summed E-state index contributed by atoms with van der Waals surface area (Å²) in [5.41, 5.74) is 1.21. The molecule has 2 rings (SSSR count). The molecule has 0 spiro atoms. The van der Waals surface area contributed by atoms with Crippen LogP contribution in [-0.2, 0) is 9.53 Å². The van der Waals surface area contributed by atoms with E-state index in [-0.39, 0.29) is 29.9 Å². The number of aliphatic imine (C=N–C) groups is 1. The molecule has 1 aliphatic heterocycles. The van der Waals surface area contributed by atoms with E-state index in [1.807, 2.05) is 19.1 Å². The van der Waals surface area contributed by atoms with E-state index in [0.29, 0.717) is 26.0 Å². The molecule has 7 nitrogen and oxygen atoms in total. The Morgan fingerprint density at radius 1 is 1.14 bits per heavy atom. The van der Waals surface area contributed by atoms with Crippen LogP contribution in [-0.4, -0.2) is 69.8 Å². The van der Waals surface area contributed by atoms with E-state index in [9.17, 15) is 4.79 Å². The molecule has 0 radical (unpaired) electrons. The van der Waals surface area contributed by atoms with E-state index in [1.165, 1.54) is 5.69 Å². The van der Waals surface area contributed by atoms with Gasteiger partial charge in [-0.3, -0.25) is 9.79 Å². The number of esters is 1. The number of benzene rings is 1. The van der Waals surface area contributed by atoms with Crippen molar-refractivity contribution in [1.82, 2.24) is 10.2 Å². The SMILES string of the molecule is CCNC(=NCCCC(=O)OCC)N1CCN(c2ccc(OC)cc2)CC1.I. The fraction of sp³-hybridized carbons (Fsp3) is 0.600. The molecule has 1 aliphatic rings. The Kier molecular flexibility index (Phi) is 11.7. The normalized spacial score (nSPS) is 14.3. The lowest BCUT2D eigenvalue weighted by Gasteiger charge is -2.37. The number of hydrogen-bond donors (Lipinski definition) is 1. The lowest BCUT2D eigenvalue weighted by atomic mass is 10.2. The summed E-state index contributed by atoms with van der Waals surface area (Å²) in [6, 6.07) is 8.19. The summed E-state index contributed by atoms with van der Waals surface area (Å²) < 4.78 is 10.2. The number of methoxy groups -OCH3 is 1. The topological polar surface area (TPSA) is 66.4 Å². The molecule has 0 unspecified atom stereocenters. The zero-order valence-electron chi connectivity index (χ0n) is 17.1. The highest BCUT2D eigenvalue weighted by Crippen LogP contribution is 2.20. The quantitative estimate of drug-likeness (QED) is 0.193. The third-order valence-corrected chi connectivity index (χ3v) is 4.46. The summed E-state index contributed by atoms with van der Waals surface area (Å²) in [6.45, 7) is 9.50. The van der Waals surface area contributed by atoms with Crippen molar-refractivity contribution >= 4 is 41.6 Å². The average molecular weight is 504 g/mol. The van der Waals surface area contributed by atoms with Crippen molar-refractivity contribution in [3.8, 4) is 5.75 Å². The summed E-state index contributed by atoms with van der Waals surface area (Å²) in [4.78, 5) is 20.8. The lowest BCUT2D eigenvalue weighted by molar-refractivity contribution is -0.143. The highest BCUT2D eigenvalue weighted by atomic mass is 127. The molecular weight excluding hydrogens is 471 g/mol. The molecule has 0 aromatic heterocycles. The summed E-state index contributed by atoms with van der Waals surface area (Å²) in [5, 5.41) is 3.36. The Labute approximate surface area is 185 Å². The standard InChI is InChI=1S/C20H32N4O3.HI/c1-4-21-20(22-12-6-7-19(25)27-5-2)24-15-13-23(14-16-24)17-8-10-18(26-3)11-9-17;/h8-11H,4-7,12-16H2,1-3H3,(H,21,22);1H. The van der Waals surface area contributed by atoms with Crippen LogP contribution in [0.1, 0.15) is 26.7 Å². The number of halogens is 1. The molecule has 1 saturated heterocycles. The molecule has 1 heterocycles. The molecule has 0 atom stereocenters. The summed E-state index contributed by atoms with van der Waals surface area (Å²) in [6.07, 6.45) is 1.13. The van der Waals surface area contributed by atoms with Crippen LogP contribution in [0, 0.1) is 0 Å². The van der Waals surface area contributed by atoms with Crippen molar-refractivity contribution in [1.29, 1.82) is 0 Å². The van der Waals surface area contributed by atoms with Gasteiger partial charge in [-0.1, -0.05) is 0 Å². The molecule has 0 bridgehead atoms. The minimum absolute atomic E-state index is 0. The number of hydrogen-bond acceptors (Lipinski definition) is 5. The predicted molar refractivity (Wildman–Crippen MR) is 124 cm³/mol. The van der Waals surface area contributed by atoms with Gasteiger partial charge < -0.3 is 24.6 Å². The molecule has 1 fully saturated rings.